The molecule has 1 aliphatic carbocycles. The Labute approximate surface area is 97.3 Å². The molecule has 0 amide bonds. The zero-order valence-corrected chi connectivity index (χ0v) is 9.86. The van der Waals surface area contributed by atoms with Gasteiger partial charge in [-0.15, -0.1) is 0 Å². The summed E-state index contributed by atoms with van der Waals surface area (Å²) in [7, 11) is 1.69. The van der Waals surface area contributed by atoms with Gasteiger partial charge in [-0.05, 0) is 55.7 Å². The number of hydrogen-bond acceptors (Lipinski definition) is 2. The highest BCUT2D eigenvalue weighted by molar-refractivity contribution is 5.27. The van der Waals surface area contributed by atoms with Gasteiger partial charge >= 0.3 is 0 Å². The predicted molar refractivity (Wildman–Crippen MR) is 64.7 cm³/mol. The molecule has 0 spiro atoms. The third-order valence-electron chi connectivity index (χ3n) is 3.50. The van der Waals surface area contributed by atoms with Gasteiger partial charge in [-0.1, -0.05) is 12.1 Å². The molecule has 88 valence electrons. The first-order chi connectivity index (χ1) is 7.78. The molecule has 0 unspecified atom stereocenters. The topological polar surface area (TPSA) is 29.5 Å². The van der Waals surface area contributed by atoms with Crippen molar-refractivity contribution in [3.05, 3.63) is 29.8 Å². The largest absolute Gasteiger partial charge is 0.497 e. The summed E-state index contributed by atoms with van der Waals surface area (Å²) in [6.07, 6.45) is 5.35. The van der Waals surface area contributed by atoms with Crippen molar-refractivity contribution in [3.8, 4) is 5.75 Å². The average Bonchev–Trinajstić information content (AvgIpc) is 2.33. The van der Waals surface area contributed by atoms with Crippen LogP contribution in [0.1, 0.15) is 31.2 Å². The monoisotopic (exact) mass is 220 g/mol. The molecule has 1 saturated carbocycles. The molecule has 1 aliphatic rings. The quantitative estimate of drug-likeness (QED) is 0.848. The normalized spacial score (nSPS) is 25.4. The fourth-order valence-electron chi connectivity index (χ4n) is 2.44. The molecule has 16 heavy (non-hydrogen) atoms. The first kappa shape index (κ1) is 11.5. The molecule has 0 saturated heterocycles. The van der Waals surface area contributed by atoms with Crippen LogP contribution in [0, 0.1) is 5.92 Å². The minimum Gasteiger partial charge on any atom is -0.497 e. The Kier molecular flexibility index (Phi) is 3.83. The van der Waals surface area contributed by atoms with Crippen molar-refractivity contribution in [3.63, 3.8) is 0 Å². The molecule has 1 fully saturated rings. The smallest absolute Gasteiger partial charge is 0.118 e. The molecular formula is C14H20O2. The summed E-state index contributed by atoms with van der Waals surface area (Å²) >= 11 is 0. The van der Waals surface area contributed by atoms with Crippen LogP contribution >= 0.6 is 0 Å². The van der Waals surface area contributed by atoms with E-state index in [9.17, 15) is 5.11 Å². The summed E-state index contributed by atoms with van der Waals surface area (Å²) in [6.45, 7) is 0. The van der Waals surface area contributed by atoms with Gasteiger partial charge in [0.1, 0.15) is 5.75 Å². The number of aliphatic hydroxyl groups is 1. The zero-order chi connectivity index (χ0) is 11.4. The SMILES string of the molecule is COc1ccc(CC2CCC(O)CC2)cc1. The molecule has 0 bridgehead atoms. The van der Waals surface area contributed by atoms with E-state index >= 15 is 0 Å². The second kappa shape index (κ2) is 5.35. The number of ether oxygens (including phenoxy) is 1. The van der Waals surface area contributed by atoms with E-state index in [1.54, 1.807) is 7.11 Å². The van der Waals surface area contributed by atoms with Crippen molar-refractivity contribution in [1.29, 1.82) is 0 Å². The van der Waals surface area contributed by atoms with Crippen molar-refractivity contribution >= 4 is 0 Å². The van der Waals surface area contributed by atoms with E-state index in [0.717, 1.165) is 43.8 Å². The fraction of sp³-hybridized carbons (Fsp3) is 0.571. The highest BCUT2D eigenvalue weighted by Gasteiger charge is 2.19. The van der Waals surface area contributed by atoms with Gasteiger partial charge < -0.3 is 9.84 Å². The minimum absolute atomic E-state index is 0.0490. The highest BCUT2D eigenvalue weighted by Crippen LogP contribution is 2.27. The molecule has 2 rings (SSSR count). The third-order valence-corrected chi connectivity index (χ3v) is 3.50. The average molecular weight is 220 g/mol. The van der Waals surface area contributed by atoms with Crippen LogP contribution in [0.4, 0.5) is 0 Å². The maximum absolute atomic E-state index is 9.44. The first-order valence-electron chi connectivity index (χ1n) is 6.09. The number of hydrogen-bond donors (Lipinski definition) is 1. The Morgan fingerprint density at radius 3 is 2.31 bits per heavy atom. The standard InChI is InChI=1S/C14H20O2/c1-16-14-8-4-12(5-9-14)10-11-2-6-13(15)7-3-11/h4-5,8-9,11,13,15H,2-3,6-7,10H2,1H3. The van der Waals surface area contributed by atoms with Gasteiger partial charge in [-0.3, -0.25) is 0 Å². The number of aliphatic hydroxyl groups excluding tert-OH is 1. The molecule has 1 aromatic carbocycles. The van der Waals surface area contributed by atoms with Crippen LogP contribution < -0.4 is 4.74 Å². The third kappa shape index (κ3) is 2.99. The predicted octanol–water partition coefficient (Wildman–Crippen LogP) is 2.79. The second-order valence-electron chi connectivity index (χ2n) is 4.73. The van der Waals surface area contributed by atoms with Crippen molar-refractivity contribution in [2.24, 2.45) is 5.92 Å². The van der Waals surface area contributed by atoms with Crippen LogP contribution in [0.25, 0.3) is 0 Å². The van der Waals surface area contributed by atoms with Gasteiger partial charge in [0, 0.05) is 0 Å². The molecule has 0 atom stereocenters. The summed E-state index contributed by atoms with van der Waals surface area (Å²) < 4.78 is 5.14. The lowest BCUT2D eigenvalue weighted by atomic mass is 9.83. The van der Waals surface area contributed by atoms with E-state index in [1.807, 2.05) is 12.1 Å². The first-order valence-corrected chi connectivity index (χ1v) is 6.09. The molecule has 0 aliphatic heterocycles. The molecule has 1 aromatic rings. The molecule has 0 aromatic heterocycles. The van der Waals surface area contributed by atoms with Gasteiger partial charge in [-0.2, -0.15) is 0 Å². The highest BCUT2D eigenvalue weighted by atomic mass is 16.5. The number of rotatable bonds is 3. The van der Waals surface area contributed by atoms with E-state index in [-0.39, 0.29) is 6.10 Å². The van der Waals surface area contributed by atoms with E-state index < -0.39 is 0 Å². The van der Waals surface area contributed by atoms with Crippen LogP contribution in [0.3, 0.4) is 0 Å². The van der Waals surface area contributed by atoms with Crippen LogP contribution in [-0.2, 0) is 6.42 Å². The van der Waals surface area contributed by atoms with Gasteiger partial charge in [0.2, 0.25) is 0 Å². The number of methoxy groups -OCH3 is 1. The molecule has 1 N–H and O–H groups in total. The van der Waals surface area contributed by atoms with Crippen molar-refractivity contribution in [2.75, 3.05) is 7.11 Å². The maximum Gasteiger partial charge on any atom is 0.118 e. The Hall–Kier alpha value is -1.02. The summed E-state index contributed by atoms with van der Waals surface area (Å²) in [4.78, 5) is 0. The van der Waals surface area contributed by atoms with Gasteiger partial charge in [0.05, 0.1) is 13.2 Å². The minimum atomic E-state index is -0.0490. The second-order valence-corrected chi connectivity index (χ2v) is 4.73. The molecule has 0 heterocycles. The van der Waals surface area contributed by atoms with Gasteiger partial charge in [0.25, 0.3) is 0 Å². The van der Waals surface area contributed by atoms with E-state index in [1.165, 1.54) is 5.56 Å². The van der Waals surface area contributed by atoms with Crippen LogP contribution in [-0.4, -0.2) is 18.3 Å². The summed E-state index contributed by atoms with van der Waals surface area (Å²) in [5, 5.41) is 9.44. The Morgan fingerprint density at radius 1 is 1.12 bits per heavy atom. The molecular weight excluding hydrogens is 200 g/mol. The van der Waals surface area contributed by atoms with E-state index in [4.69, 9.17) is 4.74 Å². The van der Waals surface area contributed by atoms with Crippen LogP contribution in [0.2, 0.25) is 0 Å². The van der Waals surface area contributed by atoms with Crippen molar-refractivity contribution in [1.82, 2.24) is 0 Å². The van der Waals surface area contributed by atoms with Gasteiger partial charge in [0.15, 0.2) is 0 Å². The Balaban J connectivity index is 1.88. The fourth-order valence-corrected chi connectivity index (χ4v) is 2.44. The molecule has 0 radical (unpaired) electrons. The zero-order valence-electron chi connectivity index (χ0n) is 9.86. The summed E-state index contributed by atoms with van der Waals surface area (Å²) in [6, 6.07) is 8.33. The van der Waals surface area contributed by atoms with Crippen molar-refractivity contribution < 1.29 is 9.84 Å². The van der Waals surface area contributed by atoms with Crippen molar-refractivity contribution in [2.45, 2.75) is 38.2 Å². The van der Waals surface area contributed by atoms with Crippen LogP contribution in [0.15, 0.2) is 24.3 Å². The number of benzene rings is 1. The van der Waals surface area contributed by atoms with E-state index in [2.05, 4.69) is 12.1 Å². The van der Waals surface area contributed by atoms with Crippen LogP contribution in [0.5, 0.6) is 5.75 Å². The molecule has 2 heteroatoms. The lowest BCUT2D eigenvalue weighted by Crippen LogP contribution is -2.19. The lowest BCUT2D eigenvalue weighted by Gasteiger charge is -2.25. The Morgan fingerprint density at radius 2 is 1.75 bits per heavy atom. The molecule has 2 nitrogen and oxygen atoms in total. The summed E-state index contributed by atoms with van der Waals surface area (Å²) in [5.41, 5.74) is 1.38. The lowest BCUT2D eigenvalue weighted by molar-refractivity contribution is 0.109. The Bertz CT molecular complexity index is 310. The maximum atomic E-state index is 9.44. The van der Waals surface area contributed by atoms with E-state index in [0.29, 0.717) is 0 Å². The van der Waals surface area contributed by atoms with Gasteiger partial charge in [-0.25, -0.2) is 0 Å². The summed E-state index contributed by atoms with van der Waals surface area (Å²) in [5.74, 6) is 1.67.